The zero-order valence-electron chi connectivity index (χ0n) is 8.57. The molecule has 0 amide bonds. The van der Waals surface area contributed by atoms with Crippen LogP contribution in [-0.4, -0.2) is 24.0 Å². The van der Waals surface area contributed by atoms with Crippen molar-refractivity contribution >= 4 is 58.0 Å². The van der Waals surface area contributed by atoms with E-state index in [4.69, 9.17) is 58.0 Å². The van der Waals surface area contributed by atoms with Crippen LogP contribution in [0.5, 0.6) is 0 Å². The largest absolute Gasteiger partial charge is 0.260 e. The third kappa shape index (κ3) is 2.53. The standard InChI is InChI=1S/C9H5Cl5N4/c10-8(11,12)9(13,14)18-7(15-16-17-18)6-4-2-1-3-5-6/h1-5H. The molecule has 9 heteroatoms. The molecule has 0 saturated carbocycles. The summed E-state index contributed by atoms with van der Waals surface area (Å²) >= 11 is 29.2. The molecule has 0 N–H and O–H groups in total. The highest BCUT2D eigenvalue weighted by Crippen LogP contribution is 2.50. The minimum Gasteiger partial charge on any atom is -0.185 e. The van der Waals surface area contributed by atoms with E-state index in [-0.39, 0.29) is 0 Å². The summed E-state index contributed by atoms with van der Waals surface area (Å²) < 4.78 is -2.86. The molecular weight excluding hydrogens is 341 g/mol. The summed E-state index contributed by atoms with van der Waals surface area (Å²) in [4.78, 5) is 0. The van der Waals surface area contributed by atoms with Crippen LogP contribution >= 0.6 is 58.0 Å². The Morgan fingerprint density at radius 2 is 1.56 bits per heavy atom. The second kappa shape index (κ2) is 5.02. The number of hydrogen-bond donors (Lipinski definition) is 0. The Hall–Kier alpha value is -0.260. The molecule has 1 aromatic heterocycles. The molecule has 0 aliphatic heterocycles. The molecule has 0 bridgehead atoms. The van der Waals surface area contributed by atoms with Crippen molar-refractivity contribution in [2.24, 2.45) is 0 Å². The molecular formula is C9H5Cl5N4. The lowest BCUT2D eigenvalue weighted by molar-refractivity contribution is 0.525. The zero-order chi connectivity index (χ0) is 13.4. The van der Waals surface area contributed by atoms with Crippen LogP contribution in [0.25, 0.3) is 11.4 Å². The van der Waals surface area contributed by atoms with E-state index in [9.17, 15) is 0 Å². The molecule has 96 valence electrons. The zero-order valence-corrected chi connectivity index (χ0v) is 12.3. The van der Waals surface area contributed by atoms with E-state index in [1.807, 2.05) is 18.2 Å². The molecule has 0 radical (unpaired) electrons. The Kier molecular flexibility index (Phi) is 3.95. The molecule has 0 aliphatic carbocycles. The van der Waals surface area contributed by atoms with Gasteiger partial charge in [0.25, 0.3) is 4.46 Å². The minimum atomic E-state index is -1.99. The van der Waals surface area contributed by atoms with E-state index in [0.717, 1.165) is 4.68 Å². The van der Waals surface area contributed by atoms with Gasteiger partial charge in [0.2, 0.25) is 3.79 Å². The number of hydrogen-bond acceptors (Lipinski definition) is 3. The molecule has 1 aromatic carbocycles. The van der Waals surface area contributed by atoms with Gasteiger partial charge in [-0.15, -0.1) is 5.10 Å². The molecule has 0 fully saturated rings. The summed E-state index contributed by atoms with van der Waals surface area (Å²) in [6.07, 6.45) is 0. The second-order valence-electron chi connectivity index (χ2n) is 3.32. The van der Waals surface area contributed by atoms with E-state index >= 15 is 0 Å². The number of aromatic nitrogens is 4. The lowest BCUT2D eigenvalue weighted by Crippen LogP contribution is -2.36. The smallest absolute Gasteiger partial charge is 0.185 e. The van der Waals surface area contributed by atoms with Crippen molar-refractivity contribution in [1.82, 2.24) is 20.2 Å². The molecule has 2 aromatic rings. The molecule has 0 aliphatic rings. The van der Waals surface area contributed by atoms with E-state index in [1.165, 1.54) is 0 Å². The maximum Gasteiger partial charge on any atom is 0.260 e. The van der Waals surface area contributed by atoms with E-state index in [2.05, 4.69) is 15.5 Å². The molecule has 0 spiro atoms. The Balaban J connectivity index is 2.53. The fourth-order valence-corrected chi connectivity index (χ4v) is 1.73. The summed E-state index contributed by atoms with van der Waals surface area (Å²) in [7, 11) is 0. The Morgan fingerprint density at radius 1 is 0.944 bits per heavy atom. The van der Waals surface area contributed by atoms with Gasteiger partial charge in [0, 0.05) is 5.56 Å². The maximum atomic E-state index is 6.02. The summed E-state index contributed by atoms with van der Waals surface area (Å²) in [5.74, 6) is 0.298. The normalized spacial score (nSPS) is 12.7. The third-order valence-corrected chi connectivity index (χ3v) is 4.40. The Labute approximate surface area is 128 Å². The number of alkyl halides is 5. The first-order valence-corrected chi connectivity index (χ1v) is 6.52. The monoisotopic (exact) mass is 344 g/mol. The van der Waals surface area contributed by atoms with Gasteiger partial charge in [-0.05, 0) is 10.4 Å². The number of benzene rings is 1. The van der Waals surface area contributed by atoms with Crippen LogP contribution in [0.3, 0.4) is 0 Å². The highest BCUT2D eigenvalue weighted by atomic mass is 35.6. The first-order chi connectivity index (χ1) is 8.34. The first-order valence-electron chi connectivity index (χ1n) is 4.63. The van der Waals surface area contributed by atoms with Crippen LogP contribution in [0.2, 0.25) is 0 Å². The lowest BCUT2D eigenvalue weighted by Gasteiger charge is -2.27. The number of tetrazole rings is 1. The lowest BCUT2D eigenvalue weighted by atomic mass is 10.2. The maximum absolute atomic E-state index is 6.02. The molecule has 18 heavy (non-hydrogen) atoms. The van der Waals surface area contributed by atoms with E-state index in [1.54, 1.807) is 12.1 Å². The highest BCUT2D eigenvalue weighted by Gasteiger charge is 2.50. The van der Waals surface area contributed by atoms with Gasteiger partial charge in [0.1, 0.15) is 0 Å². The number of halogens is 5. The molecule has 0 unspecified atom stereocenters. The van der Waals surface area contributed by atoms with Gasteiger partial charge in [-0.2, -0.15) is 4.68 Å². The van der Waals surface area contributed by atoms with Crippen LogP contribution < -0.4 is 0 Å². The molecule has 4 nitrogen and oxygen atoms in total. The predicted molar refractivity (Wildman–Crippen MR) is 73.2 cm³/mol. The summed E-state index contributed by atoms with van der Waals surface area (Å²) in [6.45, 7) is 0. The van der Waals surface area contributed by atoms with E-state index < -0.39 is 8.25 Å². The molecule has 0 saturated heterocycles. The quantitative estimate of drug-likeness (QED) is 0.777. The third-order valence-electron chi connectivity index (χ3n) is 2.11. The van der Waals surface area contributed by atoms with Crippen LogP contribution in [0, 0.1) is 0 Å². The van der Waals surface area contributed by atoms with Crippen LogP contribution in [-0.2, 0) is 4.46 Å². The van der Waals surface area contributed by atoms with Crippen LogP contribution in [0.4, 0.5) is 0 Å². The number of rotatable bonds is 2. The Morgan fingerprint density at radius 3 is 2.11 bits per heavy atom. The average molecular weight is 346 g/mol. The van der Waals surface area contributed by atoms with Crippen molar-refractivity contribution in [3.05, 3.63) is 30.3 Å². The topological polar surface area (TPSA) is 43.6 Å². The van der Waals surface area contributed by atoms with Crippen molar-refractivity contribution < 1.29 is 0 Å². The number of nitrogens with zero attached hydrogens (tertiary/aromatic N) is 4. The van der Waals surface area contributed by atoms with E-state index in [0.29, 0.717) is 11.4 Å². The van der Waals surface area contributed by atoms with Crippen molar-refractivity contribution in [3.63, 3.8) is 0 Å². The fraction of sp³-hybridized carbons (Fsp3) is 0.222. The average Bonchev–Trinajstić information content (AvgIpc) is 2.78. The molecule has 2 rings (SSSR count). The fourth-order valence-electron chi connectivity index (χ4n) is 1.26. The second-order valence-corrected chi connectivity index (χ2v) is 6.89. The van der Waals surface area contributed by atoms with Crippen molar-refractivity contribution in [1.29, 1.82) is 0 Å². The van der Waals surface area contributed by atoms with Gasteiger partial charge in [-0.25, -0.2) is 0 Å². The minimum absolute atomic E-state index is 0.298. The Bertz CT molecular complexity index is 533. The van der Waals surface area contributed by atoms with Gasteiger partial charge in [0.05, 0.1) is 0 Å². The SMILES string of the molecule is ClC(Cl)(Cl)C(Cl)(Cl)n1nnnc1-c1ccccc1. The van der Waals surface area contributed by atoms with Crippen molar-refractivity contribution in [3.8, 4) is 11.4 Å². The van der Waals surface area contributed by atoms with Crippen molar-refractivity contribution in [2.45, 2.75) is 8.25 Å². The van der Waals surface area contributed by atoms with Gasteiger partial charge >= 0.3 is 0 Å². The van der Waals surface area contributed by atoms with Gasteiger partial charge < -0.3 is 0 Å². The molecule has 1 heterocycles. The summed E-state index contributed by atoms with van der Waals surface area (Å²) in [6, 6.07) is 9.04. The van der Waals surface area contributed by atoms with Crippen molar-refractivity contribution in [2.75, 3.05) is 0 Å². The summed E-state index contributed by atoms with van der Waals surface area (Å²) in [5, 5.41) is 11.0. The van der Waals surface area contributed by atoms with Crippen LogP contribution in [0.1, 0.15) is 0 Å². The summed E-state index contributed by atoms with van der Waals surface area (Å²) in [5.41, 5.74) is 0.697. The van der Waals surface area contributed by atoms with Gasteiger partial charge in [0.15, 0.2) is 5.82 Å². The predicted octanol–water partition coefficient (Wildman–Crippen LogP) is 3.80. The van der Waals surface area contributed by atoms with Gasteiger partial charge in [-0.3, -0.25) is 0 Å². The van der Waals surface area contributed by atoms with Crippen LogP contribution in [0.15, 0.2) is 30.3 Å². The first kappa shape index (κ1) is 14.2. The highest BCUT2D eigenvalue weighted by molar-refractivity contribution is 6.74. The van der Waals surface area contributed by atoms with Gasteiger partial charge in [-0.1, -0.05) is 88.3 Å². The molecule has 0 atom stereocenters.